The van der Waals surface area contributed by atoms with Crippen LogP contribution < -0.4 is 22.1 Å². The molecule has 0 aliphatic carbocycles. The molecule has 0 bridgehead atoms. The summed E-state index contributed by atoms with van der Waals surface area (Å²) in [6, 6.07) is 15.2. The standard InChI is InChI=1S/C35H26N8O13S2/c36-23-5-1-15-9-19(57(51,52)53)13-27(44)29(15)31(23)42-40-25-7-3-17(11-21(25)33(46)47)38-35(50)39-18-4-8-26(22(12-18)34(48)49)41-43-32-24(37)6-2-16-10-20(58(54,55)56)14-28(45)30(16)32/h1-14,44-45H,36-37H2,(H,46,47)(H,48,49)(H2,38,39,50)(H,51,52,53)(H,54,55,56). The van der Waals surface area contributed by atoms with Crippen molar-refractivity contribution in [2.75, 3.05) is 22.1 Å². The maximum Gasteiger partial charge on any atom is 0.338 e. The molecule has 0 aromatic heterocycles. The van der Waals surface area contributed by atoms with Crippen LogP contribution in [-0.4, -0.2) is 64.3 Å². The lowest BCUT2D eigenvalue weighted by Gasteiger charge is -2.11. The first-order valence-corrected chi connectivity index (χ1v) is 18.8. The summed E-state index contributed by atoms with van der Waals surface area (Å²) >= 11 is 0. The lowest BCUT2D eigenvalue weighted by Crippen LogP contribution is -2.20. The van der Waals surface area contributed by atoms with Gasteiger partial charge < -0.3 is 42.5 Å². The minimum absolute atomic E-state index is 0.0194. The number of nitrogen functional groups attached to an aromatic ring is 2. The summed E-state index contributed by atoms with van der Waals surface area (Å²) in [6.45, 7) is 0. The first-order chi connectivity index (χ1) is 27.2. The van der Waals surface area contributed by atoms with Crippen LogP contribution in [0.25, 0.3) is 21.5 Å². The lowest BCUT2D eigenvalue weighted by molar-refractivity contribution is 0.0687. The third kappa shape index (κ3) is 8.26. The maximum atomic E-state index is 12.9. The van der Waals surface area contributed by atoms with Gasteiger partial charge in [0.1, 0.15) is 34.2 Å². The van der Waals surface area contributed by atoms with E-state index in [1.807, 2.05) is 0 Å². The molecule has 0 aliphatic rings. The van der Waals surface area contributed by atoms with Crippen LogP contribution in [0.1, 0.15) is 20.7 Å². The molecular weight excluding hydrogens is 805 g/mol. The zero-order valence-corrected chi connectivity index (χ0v) is 30.5. The highest BCUT2D eigenvalue weighted by Crippen LogP contribution is 2.42. The van der Waals surface area contributed by atoms with Crippen LogP contribution >= 0.6 is 0 Å². The summed E-state index contributed by atoms with van der Waals surface area (Å²) in [5.74, 6) is -4.19. The van der Waals surface area contributed by atoms with E-state index in [-0.39, 0.29) is 67.0 Å². The van der Waals surface area contributed by atoms with Gasteiger partial charge in [-0.15, -0.1) is 20.5 Å². The number of hydrogen-bond acceptors (Lipinski definition) is 15. The van der Waals surface area contributed by atoms with E-state index >= 15 is 0 Å². The van der Waals surface area contributed by atoms with Crippen LogP contribution in [-0.2, 0) is 20.2 Å². The van der Waals surface area contributed by atoms with Crippen LogP contribution in [0.3, 0.4) is 0 Å². The Morgan fingerprint density at radius 1 is 0.534 bits per heavy atom. The average molecular weight is 831 g/mol. The van der Waals surface area contributed by atoms with E-state index in [2.05, 4.69) is 31.1 Å². The van der Waals surface area contributed by atoms with Crippen molar-refractivity contribution >= 4 is 105 Å². The van der Waals surface area contributed by atoms with E-state index in [1.54, 1.807) is 0 Å². The van der Waals surface area contributed by atoms with Crippen LogP contribution in [0.4, 0.5) is 50.3 Å². The number of carbonyl (C=O) groups is 3. The molecule has 0 saturated heterocycles. The smallest absolute Gasteiger partial charge is 0.338 e. The Kier molecular flexibility index (Phi) is 10.4. The van der Waals surface area contributed by atoms with E-state index in [1.165, 1.54) is 48.5 Å². The monoisotopic (exact) mass is 830 g/mol. The Labute approximate surface area is 325 Å². The number of benzene rings is 6. The van der Waals surface area contributed by atoms with Gasteiger partial charge in [-0.25, -0.2) is 14.4 Å². The Balaban J connectivity index is 1.23. The van der Waals surface area contributed by atoms with Crippen molar-refractivity contribution in [2.24, 2.45) is 20.5 Å². The number of anilines is 4. The normalized spacial score (nSPS) is 12.0. The third-order valence-electron chi connectivity index (χ3n) is 8.23. The number of phenols is 2. The fourth-order valence-corrected chi connectivity index (χ4v) is 6.66. The van der Waals surface area contributed by atoms with E-state index in [0.717, 1.165) is 36.4 Å². The molecule has 0 aliphatic heterocycles. The summed E-state index contributed by atoms with van der Waals surface area (Å²) in [6.07, 6.45) is 0. The number of azo groups is 2. The van der Waals surface area contributed by atoms with Gasteiger partial charge in [-0.05, 0) is 71.4 Å². The van der Waals surface area contributed by atoms with E-state index < -0.39 is 70.6 Å². The number of rotatable bonds is 10. The van der Waals surface area contributed by atoms with Gasteiger partial charge in [0.25, 0.3) is 20.2 Å². The number of amides is 2. The molecular formula is C35H26N8O13S2. The van der Waals surface area contributed by atoms with Gasteiger partial charge in [0.15, 0.2) is 0 Å². The van der Waals surface area contributed by atoms with Gasteiger partial charge in [-0.3, -0.25) is 9.11 Å². The third-order valence-corrected chi connectivity index (χ3v) is 9.89. The number of aromatic carboxylic acids is 2. The molecule has 6 rings (SSSR count). The molecule has 0 fully saturated rings. The first kappa shape index (κ1) is 39.9. The second kappa shape index (κ2) is 15.1. The summed E-state index contributed by atoms with van der Waals surface area (Å²) in [5.41, 5.74) is 10.3. The molecule has 0 saturated carbocycles. The molecule has 21 nitrogen and oxygen atoms in total. The van der Waals surface area contributed by atoms with Crippen LogP contribution in [0, 0.1) is 0 Å². The highest BCUT2D eigenvalue weighted by atomic mass is 32.2. The molecule has 0 spiro atoms. The predicted octanol–water partition coefficient (Wildman–Crippen LogP) is 6.93. The molecule has 0 radical (unpaired) electrons. The minimum atomic E-state index is -4.67. The Morgan fingerprint density at radius 2 is 0.914 bits per heavy atom. The summed E-state index contributed by atoms with van der Waals surface area (Å²) in [5, 5.41) is 61.7. The van der Waals surface area contributed by atoms with Gasteiger partial charge in [-0.1, -0.05) is 12.1 Å². The van der Waals surface area contributed by atoms with Crippen molar-refractivity contribution in [3.8, 4) is 11.5 Å². The van der Waals surface area contributed by atoms with E-state index in [4.69, 9.17) is 11.5 Å². The predicted molar refractivity (Wildman–Crippen MR) is 207 cm³/mol. The average Bonchev–Trinajstić information content (AvgIpc) is 3.13. The number of carboxylic acid groups (broad SMARTS) is 2. The molecule has 12 N–H and O–H groups in total. The Morgan fingerprint density at radius 3 is 1.26 bits per heavy atom. The minimum Gasteiger partial charge on any atom is -0.507 e. The molecule has 23 heteroatoms. The number of carbonyl (C=O) groups excluding carboxylic acids is 1. The zero-order chi connectivity index (χ0) is 42.3. The second-order valence-electron chi connectivity index (χ2n) is 12.1. The number of nitrogens with one attached hydrogen (secondary N) is 2. The zero-order valence-electron chi connectivity index (χ0n) is 28.9. The number of urea groups is 1. The van der Waals surface area contributed by atoms with Gasteiger partial charge in [0.2, 0.25) is 0 Å². The van der Waals surface area contributed by atoms with Crippen molar-refractivity contribution in [3.05, 3.63) is 96.1 Å². The van der Waals surface area contributed by atoms with Crippen LogP contribution in [0.2, 0.25) is 0 Å². The van der Waals surface area contributed by atoms with Crippen LogP contribution in [0.5, 0.6) is 11.5 Å². The molecule has 0 unspecified atom stereocenters. The Hall–Kier alpha value is -7.73. The van der Waals surface area contributed by atoms with Crippen molar-refractivity contribution in [3.63, 3.8) is 0 Å². The largest absolute Gasteiger partial charge is 0.507 e. The van der Waals surface area contributed by atoms with Crippen molar-refractivity contribution in [2.45, 2.75) is 9.79 Å². The molecule has 58 heavy (non-hydrogen) atoms. The number of fused-ring (bicyclic) bond motifs is 2. The topological polar surface area (TPSA) is 366 Å². The Bertz CT molecular complexity index is 2840. The fourth-order valence-electron chi connectivity index (χ4n) is 5.59. The number of carboxylic acids is 2. The van der Waals surface area contributed by atoms with E-state index in [9.17, 15) is 60.8 Å². The first-order valence-electron chi connectivity index (χ1n) is 15.9. The van der Waals surface area contributed by atoms with Gasteiger partial charge in [0, 0.05) is 23.5 Å². The van der Waals surface area contributed by atoms with Crippen molar-refractivity contribution in [1.29, 1.82) is 0 Å². The van der Waals surface area contributed by atoms with E-state index in [0.29, 0.717) is 0 Å². The summed E-state index contributed by atoms with van der Waals surface area (Å²) in [4.78, 5) is 36.0. The molecule has 6 aromatic rings. The van der Waals surface area contributed by atoms with Crippen molar-refractivity contribution in [1.82, 2.24) is 0 Å². The molecule has 296 valence electrons. The fraction of sp³-hybridized carbons (Fsp3) is 0. The number of phenolic OH excluding ortho intramolecular Hbond substituents is 2. The summed E-state index contributed by atoms with van der Waals surface area (Å²) < 4.78 is 65.2. The van der Waals surface area contributed by atoms with Crippen molar-refractivity contribution < 1.29 is 60.8 Å². The van der Waals surface area contributed by atoms with Crippen LogP contribution in [0.15, 0.2) is 115 Å². The quantitative estimate of drug-likeness (QED) is 0.0380. The number of nitrogens with two attached hydrogens (primary N) is 2. The number of hydrogen-bond donors (Lipinski definition) is 10. The molecule has 2 amide bonds. The molecule has 0 heterocycles. The number of aromatic hydroxyl groups is 2. The number of nitrogens with zero attached hydrogens (tertiary/aromatic N) is 4. The van der Waals surface area contributed by atoms with Gasteiger partial charge >= 0.3 is 18.0 Å². The second-order valence-corrected chi connectivity index (χ2v) is 14.9. The molecule has 0 atom stereocenters. The molecule has 6 aromatic carbocycles. The highest BCUT2D eigenvalue weighted by molar-refractivity contribution is 7.86. The highest BCUT2D eigenvalue weighted by Gasteiger charge is 2.20. The summed E-state index contributed by atoms with van der Waals surface area (Å²) in [7, 11) is -9.35. The van der Waals surface area contributed by atoms with Gasteiger partial charge in [-0.2, -0.15) is 16.8 Å². The maximum absolute atomic E-state index is 12.9. The lowest BCUT2D eigenvalue weighted by atomic mass is 10.1. The van der Waals surface area contributed by atoms with Gasteiger partial charge in [0.05, 0.1) is 43.1 Å². The SMILES string of the molecule is Nc1ccc2cc(S(=O)(=O)O)cc(O)c2c1N=Nc1ccc(NC(=O)Nc2ccc(N=Nc3c(N)ccc4cc(S(=O)(=O)O)cc(O)c34)c(C(=O)O)c2)cc1C(=O)O.